The van der Waals surface area contributed by atoms with Crippen molar-refractivity contribution in [3.05, 3.63) is 12.2 Å². The average Bonchev–Trinajstić information content (AvgIpc) is 3.30. The van der Waals surface area contributed by atoms with Gasteiger partial charge >= 0.3 is 0 Å². The molecular weight excluding hydrogens is 714 g/mol. The largest absolute Gasteiger partial charge is 0.359 e. The van der Waals surface area contributed by atoms with Crippen molar-refractivity contribution in [3.63, 3.8) is 0 Å². The fraction of sp³-hybridized carbons (Fsp3) is 0.652. The quantitative estimate of drug-likeness (QED) is 0.269. The van der Waals surface area contributed by atoms with Gasteiger partial charge in [-0.2, -0.15) is 5.06 Å². The Morgan fingerprint density at radius 1 is 1.00 bits per heavy atom. The van der Waals surface area contributed by atoms with Crippen molar-refractivity contribution >= 4 is 47.2 Å². The summed E-state index contributed by atoms with van der Waals surface area (Å²) < 4.78 is 0. The van der Waals surface area contributed by atoms with E-state index < -0.39 is 11.2 Å². The SMILES string of the molecule is CNC(=O)CCNC(=O)CCSC1CC(=O)N(OCC2CCC(CN3C(=O)C=CC3=O)CC2)C1=O.[U]. The van der Waals surface area contributed by atoms with Gasteiger partial charge in [0.25, 0.3) is 23.6 Å². The molecule has 2 N–H and O–H groups in total. The predicted molar refractivity (Wildman–Crippen MR) is 126 cm³/mol. The molecule has 6 amide bonds. The van der Waals surface area contributed by atoms with Gasteiger partial charge in [0, 0.05) is 82.0 Å². The van der Waals surface area contributed by atoms with Gasteiger partial charge in [0.2, 0.25) is 11.8 Å². The predicted octanol–water partition coefficient (Wildman–Crippen LogP) is 0.153. The normalized spacial score (nSPS) is 23.8. The Bertz CT molecular complexity index is 874. The van der Waals surface area contributed by atoms with E-state index >= 15 is 0 Å². The zero-order valence-corrected chi connectivity index (χ0v) is 25.3. The van der Waals surface area contributed by atoms with E-state index in [0.29, 0.717) is 12.3 Å². The minimum Gasteiger partial charge on any atom is -0.359 e. The molecule has 2 fully saturated rings. The Balaban J connectivity index is 0.00000456. The second kappa shape index (κ2) is 14.9. The van der Waals surface area contributed by atoms with E-state index in [4.69, 9.17) is 4.84 Å². The number of carbonyl (C=O) groups excluding carboxylic acids is 6. The van der Waals surface area contributed by atoms with Crippen LogP contribution in [-0.4, -0.2) is 83.2 Å². The Labute approximate surface area is 238 Å². The molecule has 36 heavy (non-hydrogen) atoms. The number of thioether (sulfide) groups is 1. The van der Waals surface area contributed by atoms with Crippen LogP contribution in [0.5, 0.6) is 0 Å². The van der Waals surface area contributed by atoms with Crippen molar-refractivity contribution in [1.29, 1.82) is 0 Å². The van der Waals surface area contributed by atoms with Crippen LogP contribution in [0.4, 0.5) is 0 Å². The zero-order valence-electron chi connectivity index (χ0n) is 20.3. The number of carbonyl (C=O) groups is 6. The first-order valence-electron chi connectivity index (χ1n) is 11.9. The number of rotatable bonds is 12. The van der Waals surface area contributed by atoms with Crippen LogP contribution in [0, 0.1) is 42.9 Å². The molecule has 1 saturated heterocycles. The molecule has 196 valence electrons. The molecule has 11 nitrogen and oxygen atoms in total. The van der Waals surface area contributed by atoms with Crippen LogP contribution in [-0.2, 0) is 33.6 Å². The first-order valence-corrected chi connectivity index (χ1v) is 13.0. The third-order valence-corrected chi connectivity index (χ3v) is 7.62. The summed E-state index contributed by atoms with van der Waals surface area (Å²) >= 11 is 1.25. The van der Waals surface area contributed by atoms with Crippen molar-refractivity contribution < 1.29 is 64.7 Å². The summed E-state index contributed by atoms with van der Waals surface area (Å²) in [6.07, 6.45) is 6.37. The van der Waals surface area contributed by atoms with E-state index in [9.17, 15) is 28.8 Å². The van der Waals surface area contributed by atoms with Crippen molar-refractivity contribution in [2.45, 2.75) is 50.2 Å². The second-order valence-corrected chi connectivity index (χ2v) is 10.2. The van der Waals surface area contributed by atoms with Gasteiger partial charge in [-0.15, -0.1) is 11.8 Å². The fourth-order valence-electron chi connectivity index (χ4n) is 4.30. The maximum Gasteiger partial charge on any atom is 0.267 e. The van der Waals surface area contributed by atoms with Gasteiger partial charge in [0.15, 0.2) is 0 Å². The van der Waals surface area contributed by atoms with Gasteiger partial charge in [-0.05, 0) is 37.5 Å². The molecular formula is C23H32N4O7SU. The Morgan fingerprint density at radius 2 is 1.64 bits per heavy atom. The van der Waals surface area contributed by atoms with Crippen LogP contribution in [0.2, 0.25) is 0 Å². The second-order valence-electron chi connectivity index (χ2n) is 8.92. The van der Waals surface area contributed by atoms with Crippen LogP contribution >= 0.6 is 11.8 Å². The van der Waals surface area contributed by atoms with Crippen LogP contribution < -0.4 is 10.6 Å². The fourth-order valence-corrected chi connectivity index (χ4v) is 5.39. The number of nitrogens with one attached hydrogen (secondary N) is 2. The number of hydrogen-bond donors (Lipinski definition) is 2. The summed E-state index contributed by atoms with van der Waals surface area (Å²) in [7, 11) is 1.53. The summed E-state index contributed by atoms with van der Waals surface area (Å²) in [4.78, 5) is 78.2. The maximum absolute atomic E-state index is 12.6. The molecule has 1 aliphatic carbocycles. The van der Waals surface area contributed by atoms with Gasteiger partial charge < -0.3 is 10.6 Å². The van der Waals surface area contributed by atoms with Gasteiger partial charge in [-0.3, -0.25) is 38.5 Å². The molecule has 13 heteroatoms. The summed E-state index contributed by atoms with van der Waals surface area (Å²) in [6, 6.07) is 0. The summed E-state index contributed by atoms with van der Waals surface area (Å²) in [5, 5.41) is 5.41. The minimum atomic E-state index is -0.568. The van der Waals surface area contributed by atoms with E-state index in [1.54, 1.807) is 0 Å². The average molecular weight is 747 g/mol. The molecule has 0 aromatic carbocycles. The number of amides is 6. The first kappa shape index (κ1) is 30.5. The van der Waals surface area contributed by atoms with Crippen LogP contribution in [0.3, 0.4) is 0 Å². The summed E-state index contributed by atoms with van der Waals surface area (Å²) in [5.41, 5.74) is 0. The Kier molecular flexibility index (Phi) is 12.6. The molecule has 1 atom stereocenters. The smallest absolute Gasteiger partial charge is 0.267 e. The molecule has 1 saturated carbocycles. The molecule has 2 heterocycles. The van der Waals surface area contributed by atoms with Crippen molar-refractivity contribution in [1.82, 2.24) is 20.6 Å². The first-order chi connectivity index (χ1) is 16.8. The molecule has 1 unspecified atom stereocenters. The van der Waals surface area contributed by atoms with Gasteiger partial charge in [0.1, 0.15) is 0 Å². The molecule has 0 radical (unpaired) electrons. The molecule has 0 aromatic rings. The van der Waals surface area contributed by atoms with Gasteiger partial charge in [0.05, 0.1) is 18.3 Å². The van der Waals surface area contributed by atoms with E-state index in [-0.39, 0.29) is 105 Å². The van der Waals surface area contributed by atoms with Crippen LogP contribution in [0.25, 0.3) is 0 Å². The van der Waals surface area contributed by atoms with Crippen LogP contribution in [0.1, 0.15) is 44.9 Å². The Morgan fingerprint density at radius 3 is 2.28 bits per heavy atom. The number of imide groups is 2. The van der Waals surface area contributed by atoms with Crippen molar-refractivity contribution in [3.8, 4) is 0 Å². The van der Waals surface area contributed by atoms with E-state index in [0.717, 1.165) is 30.7 Å². The third-order valence-electron chi connectivity index (χ3n) is 6.41. The van der Waals surface area contributed by atoms with Crippen molar-refractivity contribution in [2.24, 2.45) is 11.8 Å². The Hall–Kier alpha value is -1.68. The number of hydroxylamine groups is 2. The summed E-state index contributed by atoms with van der Waals surface area (Å²) in [5.74, 6) is -0.850. The molecule has 0 aromatic heterocycles. The summed E-state index contributed by atoms with van der Waals surface area (Å²) in [6.45, 7) is 0.935. The van der Waals surface area contributed by atoms with Gasteiger partial charge in [-0.1, -0.05) is 0 Å². The van der Waals surface area contributed by atoms with Gasteiger partial charge in [-0.25, -0.2) is 0 Å². The van der Waals surface area contributed by atoms with Crippen molar-refractivity contribution in [2.75, 3.05) is 32.5 Å². The number of nitrogens with zero attached hydrogens (tertiary/aromatic N) is 2. The maximum atomic E-state index is 12.6. The zero-order chi connectivity index (χ0) is 25.4. The topological polar surface area (TPSA) is 142 Å². The van der Waals surface area contributed by atoms with E-state index in [1.165, 1.54) is 35.9 Å². The monoisotopic (exact) mass is 746 g/mol. The standard InChI is InChI=1S/C23H32N4O7S.U/c1-24-18(28)8-10-25-19(29)9-11-35-17-12-22(32)27(23(17)33)34-14-16-4-2-15(3-5-16)13-26-20(30)6-7-21(26)31;/h6-7,15-17H,2-5,8-14H2,1H3,(H,24,28)(H,25,29);. The van der Waals surface area contributed by atoms with E-state index in [1.807, 2.05) is 0 Å². The molecule has 3 rings (SSSR count). The molecule has 2 aliphatic heterocycles. The number of hydrogen-bond acceptors (Lipinski definition) is 8. The molecule has 3 aliphatic rings. The molecule has 0 bridgehead atoms. The third kappa shape index (κ3) is 8.71. The van der Waals surface area contributed by atoms with Crippen LogP contribution in [0.15, 0.2) is 12.2 Å². The molecule has 0 spiro atoms. The minimum absolute atomic E-state index is 0. The van der Waals surface area contributed by atoms with E-state index in [2.05, 4.69) is 10.6 Å².